The number of fused-ring (bicyclic) bond motifs is 1. The summed E-state index contributed by atoms with van der Waals surface area (Å²) in [5.41, 5.74) is 2.95. The lowest BCUT2D eigenvalue weighted by Crippen LogP contribution is -2.36. The number of aryl methyl sites for hydroxylation is 2. The van der Waals surface area contributed by atoms with Gasteiger partial charge in [0.05, 0.1) is 15.7 Å². The van der Waals surface area contributed by atoms with Crippen molar-refractivity contribution in [2.45, 2.75) is 24.7 Å². The maximum atomic E-state index is 14.8. The molecule has 29 heavy (non-hydrogen) atoms. The Morgan fingerprint density at radius 3 is 2.55 bits per heavy atom. The van der Waals surface area contributed by atoms with Crippen molar-refractivity contribution in [3.05, 3.63) is 75.8 Å². The van der Waals surface area contributed by atoms with E-state index in [2.05, 4.69) is 4.98 Å². The van der Waals surface area contributed by atoms with E-state index in [-0.39, 0.29) is 11.6 Å². The van der Waals surface area contributed by atoms with E-state index < -0.39 is 20.7 Å². The zero-order chi connectivity index (χ0) is 20.8. The van der Waals surface area contributed by atoms with Gasteiger partial charge in [-0.15, -0.1) is 0 Å². The fourth-order valence-corrected chi connectivity index (χ4v) is 5.70. The maximum absolute atomic E-state index is 14.8. The normalized spacial score (nSPS) is 14.0. The maximum Gasteiger partial charge on any atom is 0.267 e. The molecule has 0 unspecified atom stereocenters. The molecule has 2 heterocycles. The first-order valence-corrected chi connectivity index (χ1v) is 11.2. The van der Waals surface area contributed by atoms with Gasteiger partial charge in [-0.1, -0.05) is 41.4 Å². The molecule has 0 atom stereocenters. The van der Waals surface area contributed by atoms with Crippen LogP contribution in [0.5, 0.6) is 0 Å². The molecule has 0 amide bonds. The van der Waals surface area contributed by atoms with Crippen LogP contribution in [0.1, 0.15) is 17.7 Å². The highest BCUT2D eigenvalue weighted by atomic mass is 35.5. The van der Waals surface area contributed by atoms with Gasteiger partial charge in [0.2, 0.25) is 0 Å². The Labute approximate surface area is 179 Å². The van der Waals surface area contributed by atoms with Crippen molar-refractivity contribution in [3.8, 4) is 11.1 Å². The summed E-state index contributed by atoms with van der Waals surface area (Å²) in [6, 6.07) is 11.2. The van der Waals surface area contributed by atoms with Crippen molar-refractivity contribution in [1.82, 2.24) is 4.98 Å². The Morgan fingerprint density at radius 1 is 1.07 bits per heavy atom. The molecule has 0 N–H and O–H groups in total. The topological polar surface area (TPSA) is 50.3 Å². The van der Waals surface area contributed by atoms with Gasteiger partial charge in [0.25, 0.3) is 10.0 Å². The van der Waals surface area contributed by atoms with E-state index in [4.69, 9.17) is 23.2 Å². The molecular weight excluding hydrogens is 434 g/mol. The smallest absolute Gasteiger partial charge is 0.266 e. The molecule has 4 nitrogen and oxygen atoms in total. The molecule has 1 aromatic heterocycles. The van der Waals surface area contributed by atoms with E-state index >= 15 is 0 Å². The van der Waals surface area contributed by atoms with Gasteiger partial charge in [-0.05, 0) is 49.6 Å². The monoisotopic (exact) mass is 450 g/mol. The fourth-order valence-electron chi connectivity index (χ4n) is 3.53. The number of pyridine rings is 1. The van der Waals surface area contributed by atoms with Crippen molar-refractivity contribution in [2.75, 3.05) is 10.8 Å². The molecular formula is C21H17Cl2FN2O2S. The molecule has 0 spiro atoms. The number of hydrogen-bond acceptors (Lipinski definition) is 3. The molecule has 0 saturated carbocycles. The predicted molar refractivity (Wildman–Crippen MR) is 114 cm³/mol. The molecule has 0 aliphatic carbocycles. The average Bonchev–Trinajstić information content (AvgIpc) is 2.68. The summed E-state index contributed by atoms with van der Waals surface area (Å²) < 4.78 is 42.9. The van der Waals surface area contributed by atoms with E-state index in [9.17, 15) is 12.8 Å². The van der Waals surface area contributed by atoms with Crippen LogP contribution in [0.2, 0.25) is 10.0 Å². The molecule has 0 saturated heterocycles. The molecule has 1 aliphatic rings. The summed E-state index contributed by atoms with van der Waals surface area (Å²) in [5, 5.41) is 0.422. The van der Waals surface area contributed by atoms with Crippen LogP contribution in [0.15, 0.2) is 53.6 Å². The number of nitrogens with zero attached hydrogens (tertiary/aromatic N) is 2. The third-order valence-corrected chi connectivity index (χ3v) is 7.39. The molecule has 4 rings (SSSR count). The van der Waals surface area contributed by atoms with Crippen molar-refractivity contribution >= 4 is 38.9 Å². The molecule has 2 aromatic carbocycles. The Balaban J connectivity index is 1.87. The summed E-state index contributed by atoms with van der Waals surface area (Å²) in [6.07, 6.45) is 2.94. The highest BCUT2D eigenvalue weighted by molar-refractivity contribution is 7.92. The third-order valence-electron chi connectivity index (χ3n) is 4.94. The van der Waals surface area contributed by atoms with E-state index in [1.807, 2.05) is 12.1 Å². The number of hydrogen-bond donors (Lipinski definition) is 0. The van der Waals surface area contributed by atoms with Crippen molar-refractivity contribution < 1.29 is 12.8 Å². The second-order valence-corrected chi connectivity index (χ2v) is 9.52. The summed E-state index contributed by atoms with van der Waals surface area (Å²) in [6.45, 7) is 2.06. The van der Waals surface area contributed by atoms with Gasteiger partial charge in [0.15, 0.2) is 0 Å². The van der Waals surface area contributed by atoms with Crippen LogP contribution in [-0.4, -0.2) is 19.9 Å². The second-order valence-electron chi connectivity index (χ2n) is 6.88. The Kier molecular flexibility index (Phi) is 5.27. The second kappa shape index (κ2) is 7.59. The lowest BCUT2D eigenvalue weighted by Gasteiger charge is -2.30. The minimum absolute atomic E-state index is 0.0630. The molecule has 0 bridgehead atoms. The van der Waals surface area contributed by atoms with Gasteiger partial charge in [-0.3, -0.25) is 9.29 Å². The number of aromatic nitrogens is 1. The minimum atomic E-state index is -4.14. The van der Waals surface area contributed by atoms with Gasteiger partial charge in [0.1, 0.15) is 10.7 Å². The quantitative estimate of drug-likeness (QED) is 0.518. The molecule has 150 valence electrons. The summed E-state index contributed by atoms with van der Waals surface area (Å²) >= 11 is 12.5. The zero-order valence-electron chi connectivity index (χ0n) is 15.5. The van der Waals surface area contributed by atoms with Crippen LogP contribution in [0, 0.1) is 12.7 Å². The first-order valence-electron chi connectivity index (χ1n) is 9.01. The number of para-hydroxylation sites is 1. The summed E-state index contributed by atoms with van der Waals surface area (Å²) in [5.74, 6) is -0.905. The molecule has 8 heteroatoms. The van der Waals surface area contributed by atoms with Crippen molar-refractivity contribution in [2.24, 2.45) is 0 Å². The number of benzene rings is 2. The molecule has 0 radical (unpaired) electrons. The minimum Gasteiger partial charge on any atom is -0.266 e. The van der Waals surface area contributed by atoms with Gasteiger partial charge >= 0.3 is 0 Å². The first-order chi connectivity index (χ1) is 13.8. The van der Waals surface area contributed by atoms with E-state index in [1.54, 1.807) is 25.1 Å². The summed E-state index contributed by atoms with van der Waals surface area (Å²) in [7, 11) is -4.14. The Hall–Kier alpha value is -2.15. The number of halogens is 3. The van der Waals surface area contributed by atoms with Crippen LogP contribution in [0.3, 0.4) is 0 Å². The van der Waals surface area contributed by atoms with E-state index in [1.165, 1.54) is 16.6 Å². The van der Waals surface area contributed by atoms with Gasteiger partial charge < -0.3 is 0 Å². The number of rotatable bonds is 3. The number of sulfonamides is 1. The third kappa shape index (κ3) is 3.61. The lowest BCUT2D eigenvalue weighted by molar-refractivity contribution is 0.561. The number of anilines is 1. The summed E-state index contributed by atoms with van der Waals surface area (Å²) in [4.78, 5) is 3.76. The zero-order valence-corrected chi connectivity index (χ0v) is 17.8. The molecule has 3 aromatic rings. The first kappa shape index (κ1) is 20.1. The predicted octanol–water partition coefficient (Wildman–Crippen LogP) is 5.64. The van der Waals surface area contributed by atoms with Crippen LogP contribution < -0.4 is 4.31 Å². The molecule has 0 fully saturated rings. The van der Waals surface area contributed by atoms with Crippen LogP contribution in [0.4, 0.5) is 10.1 Å². The Bertz CT molecular complexity index is 1220. The Morgan fingerprint density at radius 2 is 1.79 bits per heavy atom. The van der Waals surface area contributed by atoms with Crippen molar-refractivity contribution in [3.63, 3.8) is 0 Å². The largest absolute Gasteiger partial charge is 0.267 e. The van der Waals surface area contributed by atoms with Crippen LogP contribution in [-0.2, 0) is 16.4 Å². The molecule has 1 aliphatic heterocycles. The van der Waals surface area contributed by atoms with E-state index in [0.717, 1.165) is 18.1 Å². The standard InChI is InChI=1S/C21H17Cl2FN2O2S/c1-13-9-17(22)16(12-25-13)15-10-21(19(24)11-18(15)23)29(27,28)26-8-4-6-14-5-2-3-7-20(14)26/h2-3,5,7,9-12H,4,6,8H2,1H3. The van der Waals surface area contributed by atoms with Crippen LogP contribution in [0.25, 0.3) is 11.1 Å². The highest BCUT2D eigenvalue weighted by Crippen LogP contribution is 2.38. The van der Waals surface area contributed by atoms with Gasteiger partial charge in [-0.2, -0.15) is 0 Å². The lowest BCUT2D eigenvalue weighted by atomic mass is 10.0. The SMILES string of the molecule is Cc1cc(Cl)c(-c2cc(S(=O)(=O)N3CCCc4ccccc43)c(F)cc2Cl)cn1. The highest BCUT2D eigenvalue weighted by Gasteiger charge is 2.32. The van der Waals surface area contributed by atoms with Gasteiger partial charge in [-0.25, -0.2) is 12.8 Å². The van der Waals surface area contributed by atoms with Gasteiger partial charge in [0, 0.05) is 29.6 Å². The van der Waals surface area contributed by atoms with E-state index in [0.29, 0.717) is 34.0 Å². The average molecular weight is 451 g/mol. The van der Waals surface area contributed by atoms with Crippen molar-refractivity contribution in [1.29, 1.82) is 0 Å². The van der Waals surface area contributed by atoms with Crippen LogP contribution >= 0.6 is 23.2 Å². The fraction of sp³-hybridized carbons (Fsp3) is 0.190.